The van der Waals surface area contributed by atoms with Gasteiger partial charge in [0, 0.05) is 12.7 Å². The molecule has 0 aliphatic carbocycles. The molecular weight excluding hydrogens is 318 g/mol. The van der Waals surface area contributed by atoms with Crippen LogP contribution in [0.15, 0.2) is 48.5 Å². The van der Waals surface area contributed by atoms with Gasteiger partial charge in [-0.1, -0.05) is 18.2 Å². The maximum absolute atomic E-state index is 12.3. The van der Waals surface area contributed by atoms with E-state index in [4.69, 9.17) is 19.5 Å². The average Bonchev–Trinajstić information content (AvgIpc) is 2.66. The molecule has 0 saturated carbocycles. The third kappa shape index (κ3) is 5.20. The van der Waals surface area contributed by atoms with Crippen LogP contribution in [0.3, 0.4) is 0 Å². The minimum Gasteiger partial charge on any atom is -0.493 e. The maximum Gasteiger partial charge on any atom is 0.185 e. The molecule has 0 heterocycles. The summed E-state index contributed by atoms with van der Waals surface area (Å²) in [4.78, 5) is 12.3. The third-order valence-electron chi connectivity index (χ3n) is 3.46. The highest BCUT2D eigenvalue weighted by molar-refractivity contribution is 6.07. The van der Waals surface area contributed by atoms with Crippen LogP contribution in [0, 0.1) is 11.3 Å². The van der Waals surface area contributed by atoms with E-state index in [0.717, 1.165) is 5.56 Å². The Morgan fingerprint density at radius 2 is 1.84 bits per heavy atom. The van der Waals surface area contributed by atoms with Crippen LogP contribution in [0.2, 0.25) is 0 Å². The van der Waals surface area contributed by atoms with Gasteiger partial charge in [-0.2, -0.15) is 5.26 Å². The van der Waals surface area contributed by atoms with E-state index in [2.05, 4.69) is 6.07 Å². The van der Waals surface area contributed by atoms with Crippen molar-refractivity contribution in [1.82, 2.24) is 0 Å². The fraction of sp³-hybridized carbons (Fsp3) is 0.200. The zero-order valence-electron chi connectivity index (χ0n) is 14.2. The summed E-state index contributed by atoms with van der Waals surface area (Å²) in [5.74, 6) is 0.909. The molecule has 2 rings (SSSR count). The van der Waals surface area contributed by atoms with Crippen molar-refractivity contribution in [2.24, 2.45) is 0 Å². The number of hydrogen-bond donors (Lipinski definition) is 0. The molecule has 5 heteroatoms. The molecular formula is C20H19NO4. The molecule has 0 unspecified atom stereocenters. The van der Waals surface area contributed by atoms with Gasteiger partial charge < -0.3 is 14.2 Å². The van der Waals surface area contributed by atoms with Crippen molar-refractivity contribution in [1.29, 1.82) is 5.26 Å². The number of methoxy groups -OCH3 is 2. The monoisotopic (exact) mass is 337 g/mol. The van der Waals surface area contributed by atoms with Gasteiger partial charge in [-0.25, -0.2) is 0 Å². The molecule has 0 saturated heterocycles. The van der Waals surface area contributed by atoms with Crippen molar-refractivity contribution < 1.29 is 19.0 Å². The minimum absolute atomic E-state index is 0.147. The number of nitrogens with zero attached hydrogens (tertiary/aromatic N) is 1. The lowest BCUT2D eigenvalue weighted by atomic mass is 10.1. The summed E-state index contributed by atoms with van der Waals surface area (Å²) >= 11 is 0. The highest BCUT2D eigenvalue weighted by Crippen LogP contribution is 2.28. The molecule has 2 aromatic carbocycles. The Bertz CT molecular complexity index is 788. The fourth-order valence-corrected chi connectivity index (χ4v) is 2.11. The van der Waals surface area contributed by atoms with Gasteiger partial charge in [-0.3, -0.25) is 4.79 Å². The Morgan fingerprint density at radius 3 is 2.48 bits per heavy atom. The number of allylic oxidation sites excluding steroid dienone is 1. The SMILES string of the molecule is COCCOc1ccc(C(=O)/C=C\c2ccc(C#N)cc2)cc1OC. The smallest absolute Gasteiger partial charge is 0.185 e. The van der Waals surface area contributed by atoms with Gasteiger partial charge in [0.05, 0.1) is 25.3 Å². The van der Waals surface area contributed by atoms with Gasteiger partial charge in [0.2, 0.25) is 0 Å². The molecule has 0 N–H and O–H groups in total. The zero-order valence-corrected chi connectivity index (χ0v) is 14.2. The Morgan fingerprint density at radius 1 is 1.08 bits per heavy atom. The average molecular weight is 337 g/mol. The molecule has 0 aromatic heterocycles. The van der Waals surface area contributed by atoms with Crippen LogP contribution in [0.1, 0.15) is 21.5 Å². The van der Waals surface area contributed by atoms with Crippen molar-refractivity contribution in [3.05, 3.63) is 65.2 Å². The van der Waals surface area contributed by atoms with Gasteiger partial charge in [0.1, 0.15) is 6.61 Å². The largest absolute Gasteiger partial charge is 0.493 e. The third-order valence-corrected chi connectivity index (χ3v) is 3.46. The van der Waals surface area contributed by atoms with Crippen molar-refractivity contribution in [3.8, 4) is 17.6 Å². The number of ketones is 1. The number of nitriles is 1. The van der Waals surface area contributed by atoms with E-state index >= 15 is 0 Å². The highest BCUT2D eigenvalue weighted by Gasteiger charge is 2.09. The molecule has 0 aliphatic rings. The fourth-order valence-electron chi connectivity index (χ4n) is 2.11. The van der Waals surface area contributed by atoms with Gasteiger partial charge in [0.25, 0.3) is 0 Å². The molecule has 0 atom stereocenters. The molecule has 0 radical (unpaired) electrons. The number of carbonyl (C=O) groups is 1. The summed E-state index contributed by atoms with van der Waals surface area (Å²) in [7, 11) is 3.13. The lowest BCUT2D eigenvalue weighted by Gasteiger charge is -2.11. The first-order chi connectivity index (χ1) is 12.2. The van der Waals surface area contributed by atoms with E-state index < -0.39 is 0 Å². The normalized spacial score (nSPS) is 10.4. The maximum atomic E-state index is 12.3. The second-order valence-electron chi connectivity index (χ2n) is 5.14. The Labute approximate surface area is 147 Å². The first-order valence-electron chi connectivity index (χ1n) is 7.70. The first-order valence-corrected chi connectivity index (χ1v) is 7.70. The van der Waals surface area contributed by atoms with Gasteiger partial charge in [-0.15, -0.1) is 0 Å². The number of rotatable bonds is 8. The minimum atomic E-state index is -0.147. The van der Waals surface area contributed by atoms with Crippen molar-refractivity contribution in [2.75, 3.05) is 27.4 Å². The van der Waals surface area contributed by atoms with Crippen molar-refractivity contribution >= 4 is 11.9 Å². The van der Waals surface area contributed by atoms with Crippen LogP contribution in [-0.2, 0) is 4.74 Å². The molecule has 25 heavy (non-hydrogen) atoms. The Hall–Kier alpha value is -3.10. The summed E-state index contributed by atoms with van der Waals surface area (Å²) in [5.41, 5.74) is 1.93. The molecule has 0 bridgehead atoms. The molecule has 5 nitrogen and oxygen atoms in total. The molecule has 128 valence electrons. The zero-order chi connectivity index (χ0) is 18.1. The lowest BCUT2D eigenvalue weighted by molar-refractivity contribution is 0.104. The summed E-state index contributed by atoms with van der Waals surface area (Å²) in [5, 5.41) is 8.78. The molecule has 0 aliphatic heterocycles. The standard InChI is InChI=1S/C20H19NO4/c1-23-11-12-25-19-10-8-17(13-20(19)24-2)18(22)9-7-15-3-5-16(14-21)6-4-15/h3-10,13H,11-12H2,1-2H3/b9-7-. The van der Waals surface area contributed by atoms with Crippen LogP contribution in [0.25, 0.3) is 6.08 Å². The summed E-state index contributed by atoms with van der Waals surface area (Å²) < 4.78 is 15.8. The quantitative estimate of drug-likeness (QED) is 0.419. The van der Waals surface area contributed by atoms with E-state index in [9.17, 15) is 4.79 Å². The predicted molar refractivity (Wildman–Crippen MR) is 94.9 cm³/mol. The highest BCUT2D eigenvalue weighted by atomic mass is 16.5. The number of carbonyl (C=O) groups excluding carboxylic acids is 1. The van der Waals surface area contributed by atoms with E-state index in [-0.39, 0.29) is 5.78 Å². The van der Waals surface area contributed by atoms with Crippen LogP contribution in [0.5, 0.6) is 11.5 Å². The summed E-state index contributed by atoms with van der Waals surface area (Å²) in [6, 6.07) is 14.1. The predicted octanol–water partition coefficient (Wildman–Crippen LogP) is 3.49. The summed E-state index contributed by atoms with van der Waals surface area (Å²) in [6.07, 6.45) is 3.20. The topological polar surface area (TPSA) is 68.5 Å². The van der Waals surface area contributed by atoms with Crippen molar-refractivity contribution in [2.45, 2.75) is 0 Å². The molecule has 0 fully saturated rings. The van der Waals surface area contributed by atoms with E-state index in [0.29, 0.717) is 35.8 Å². The van der Waals surface area contributed by atoms with Gasteiger partial charge in [0.15, 0.2) is 17.3 Å². The summed E-state index contributed by atoms with van der Waals surface area (Å²) in [6.45, 7) is 0.871. The second kappa shape index (κ2) is 9.26. The second-order valence-corrected chi connectivity index (χ2v) is 5.14. The van der Waals surface area contributed by atoms with Crippen LogP contribution < -0.4 is 9.47 Å². The van der Waals surface area contributed by atoms with Gasteiger partial charge in [-0.05, 0) is 42.0 Å². The molecule has 2 aromatic rings. The van der Waals surface area contributed by atoms with E-state index in [1.54, 1.807) is 55.7 Å². The first kappa shape index (κ1) is 18.2. The lowest BCUT2D eigenvalue weighted by Crippen LogP contribution is -2.06. The van der Waals surface area contributed by atoms with Crippen molar-refractivity contribution in [3.63, 3.8) is 0 Å². The number of benzene rings is 2. The molecule has 0 amide bonds. The molecule has 0 spiro atoms. The van der Waals surface area contributed by atoms with Crippen LogP contribution in [-0.4, -0.2) is 33.2 Å². The van der Waals surface area contributed by atoms with Crippen LogP contribution in [0.4, 0.5) is 0 Å². The van der Waals surface area contributed by atoms with E-state index in [1.165, 1.54) is 13.2 Å². The number of ether oxygens (including phenoxy) is 3. The Kier molecular flexibility index (Phi) is 6.76. The number of hydrogen-bond acceptors (Lipinski definition) is 5. The van der Waals surface area contributed by atoms with E-state index in [1.807, 2.05) is 0 Å². The van der Waals surface area contributed by atoms with Crippen LogP contribution >= 0.6 is 0 Å². The Balaban J connectivity index is 2.10. The van der Waals surface area contributed by atoms with Gasteiger partial charge >= 0.3 is 0 Å².